The molecule has 0 aromatic heterocycles. The maximum Gasteiger partial charge on any atom is 0.231 e. The van der Waals surface area contributed by atoms with Crippen LogP contribution in [0, 0.1) is 5.41 Å². The Labute approximate surface area is 131 Å². The summed E-state index contributed by atoms with van der Waals surface area (Å²) in [7, 11) is 4.06. The van der Waals surface area contributed by atoms with Gasteiger partial charge in [-0.1, -0.05) is 13.0 Å². The number of fused-ring (bicyclic) bond motifs is 1. The van der Waals surface area contributed by atoms with Crippen LogP contribution >= 0.6 is 0 Å². The minimum Gasteiger partial charge on any atom is -0.454 e. The second-order valence-electron chi connectivity index (χ2n) is 6.48. The number of benzene rings is 1. The van der Waals surface area contributed by atoms with Crippen molar-refractivity contribution in [2.45, 2.75) is 26.2 Å². The molecule has 22 heavy (non-hydrogen) atoms. The molecule has 118 valence electrons. The number of nitrogens with zero attached hydrogens (tertiary/aromatic N) is 1. The van der Waals surface area contributed by atoms with E-state index in [-0.39, 0.29) is 12.2 Å². The summed E-state index contributed by atoms with van der Waals surface area (Å²) in [6.45, 7) is 3.21. The first-order valence-electron chi connectivity index (χ1n) is 7.84. The molecular weight excluding hydrogens is 278 g/mol. The van der Waals surface area contributed by atoms with Crippen molar-refractivity contribution < 1.29 is 14.3 Å². The molecule has 1 aromatic carbocycles. The molecule has 1 aliphatic carbocycles. The quantitative estimate of drug-likeness (QED) is 0.801. The highest BCUT2D eigenvalue weighted by molar-refractivity contribution is 6.05. The van der Waals surface area contributed by atoms with Crippen molar-refractivity contribution in [3.05, 3.63) is 29.3 Å². The molecule has 1 saturated carbocycles. The fraction of sp³-hybridized carbons (Fsp3) is 0.500. The van der Waals surface area contributed by atoms with Gasteiger partial charge in [-0.3, -0.25) is 4.79 Å². The van der Waals surface area contributed by atoms with Crippen LogP contribution in [0.15, 0.2) is 23.8 Å². The van der Waals surface area contributed by atoms with Gasteiger partial charge in [0.2, 0.25) is 6.79 Å². The Bertz CT molecular complexity index is 621. The lowest BCUT2D eigenvalue weighted by atomic mass is 9.81. The number of hydrogen-bond donors (Lipinski definition) is 0. The van der Waals surface area contributed by atoms with Crippen molar-refractivity contribution >= 4 is 11.9 Å². The third-order valence-corrected chi connectivity index (χ3v) is 4.68. The van der Waals surface area contributed by atoms with E-state index >= 15 is 0 Å². The Morgan fingerprint density at radius 3 is 2.77 bits per heavy atom. The molecule has 1 heterocycles. The van der Waals surface area contributed by atoms with E-state index < -0.39 is 0 Å². The molecule has 0 bridgehead atoms. The molecule has 4 nitrogen and oxygen atoms in total. The highest BCUT2D eigenvalue weighted by Gasteiger charge is 2.43. The molecule has 0 spiro atoms. The lowest BCUT2D eigenvalue weighted by Gasteiger charge is -2.28. The molecule has 1 atom stereocenters. The van der Waals surface area contributed by atoms with E-state index in [1.165, 1.54) is 0 Å². The molecule has 4 heteroatoms. The molecule has 1 aliphatic heterocycles. The summed E-state index contributed by atoms with van der Waals surface area (Å²) < 4.78 is 10.7. The molecule has 0 N–H and O–H groups in total. The number of Topliss-reactive ketones (excluding diaryl/α,β-unsaturated/α-hetero) is 1. The fourth-order valence-corrected chi connectivity index (χ4v) is 3.49. The van der Waals surface area contributed by atoms with Crippen molar-refractivity contribution in [3.8, 4) is 11.5 Å². The average molecular weight is 301 g/mol. The van der Waals surface area contributed by atoms with Gasteiger partial charge in [0.15, 0.2) is 17.3 Å². The summed E-state index contributed by atoms with van der Waals surface area (Å²) in [5.41, 5.74) is 1.72. The van der Waals surface area contributed by atoms with E-state index in [4.69, 9.17) is 9.47 Å². The molecule has 2 aliphatic rings. The van der Waals surface area contributed by atoms with E-state index in [0.717, 1.165) is 48.4 Å². The molecule has 0 amide bonds. The van der Waals surface area contributed by atoms with Crippen LogP contribution in [0.1, 0.15) is 31.7 Å². The van der Waals surface area contributed by atoms with Gasteiger partial charge in [-0.25, -0.2) is 0 Å². The largest absolute Gasteiger partial charge is 0.454 e. The summed E-state index contributed by atoms with van der Waals surface area (Å²) >= 11 is 0. The van der Waals surface area contributed by atoms with E-state index in [9.17, 15) is 4.79 Å². The minimum atomic E-state index is -0.217. The van der Waals surface area contributed by atoms with Gasteiger partial charge in [-0.2, -0.15) is 0 Å². The lowest BCUT2D eigenvalue weighted by molar-refractivity contribution is -0.123. The fourth-order valence-electron chi connectivity index (χ4n) is 3.49. The first-order valence-corrected chi connectivity index (χ1v) is 7.84. The highest BCUT2D eigenvalue weighted by Crippen LogP contribution is 2.42. The summed E-state index contributed by atoms with van der Waals surface area (Å²) in [5, 5.41) is 0. The molecule has 0 radical (unpaired) electrons. The van der Waals surface area contributed by atoms with E-state index in [1.807, 2.05) is 38.4 Å². The Kier molecular flexibility index (Phi) is 3.96. The highest BCUT2D eigenvalue weighted by atomic mass is 16.7. The van der Waals surface area contributed by atoms with Crippen molar-refractivity contribution in [1.29, 1.82) is 0 Å². The molecule has 0 saturated heterocycles. The number of allylic oxidation sites excluding steroid dienone is 1. The van der Waals surface area contributed by atoms with Crippen LogP contribution in [0.3, 0.4) is 0 Å². The SMILES string of the molecule is CCC1(CN(C)C)CC/C(=C\c2ccc3c(c2)OCO3)C1=O. The van der Waals surface area contributed by atoms with Gasteiger partial charge in [0, 0.05) is 12.0 Å². The third kappa shape index (κ3) is 2.63. The lowest BCUT2D eigenvalue weighted by Crippen LogP contribution is -2.36. The van der Waals surface area contributed by atoms with Crippen molar-refractivity contribution in [3.63, 3.8) is 0 Å². The molecular formula is C18H23NO3. The Hall–Kier alpha value is -1.81. The van der Waals surface area contributed by atoms with Crippen LogP contribution in [0.5, 0.6) is 11.5 Å². The monoisotopic (exact) mass is 301 g/mol. The van der Waals surface area contributed by atoms with Crippen molar-refractivity contribution in [2.75, 3.05) is 27.4 Å². The number of hydrogen-bond acceptors (Lipinski definition) is 4. The zero-order valence-electron chi connectivity index (χ0n) is 13.5. The van der Waals surface area contributed by atoms with Gasteiger partial charge in [-0.15, -0.1) is 0 Å². The van der Waals surface area contributed by atoms with Crippen LogP contribution in [-0.2, 0) is 4.79 Å². The standard InChI is InChI=1S/C18H23NO3/c1-4-18(11-19(2)3)8-7-14(17(18)20)9-13-5-6-15-16(10-13)22-12-21-15/h5-6,9-10H,4,7-8,11-12H2,1-3H3/b14-9+. The van der Waals surface area contributed by atoms with Gasteiger partial charge < -0.3 is 14.4 Å². The number of ketones is 1. The maximum absolute atomic E-state index is 12.9. The first-order chi connectivity index (χ1) is 10.5. The number of rotatable bonds is 4. The van der Waals surface area contributed by atoms with Crippen LogP contribution in [0.4, 0.5) is 0 Å². The first kappa shape index (κ1) is 15.1. The van der Waals surface area contributed by atoms with Crippen LogP contribution < -0.4 is 9.47 Å². The molecule has 3 rings (SSSR count). The second-order valence-corrected chi connectivity index (χ2v) is 6.48. The predicted molar refractivity (Wildman–Crippen MR) is 86.1 cm³/mol. The second kappa shape index (κ2) is 5.76. The molecule has 1 fully saturated rings. The van der Waals surface area contributed by atoms with Crippen LogP contribution in [0.2, 0.25) is 0 Å². The summed E-state index contributed by atoms with van der Waals surface area (Å²) in [6.07, 6.45) is 4.70. The Morgan fingerprint density at radius 1 is 1.27 bits per heavy atom. The summed E-state index contributed by atoms with van der Waals surface area (Å²) in [6, 6.07) is 5.83. The van der Waals surface area contributed by atoms with E-state index in [2.05, 4.69) is 11.8 Å². The third-order valence-electron chi connectivity index (χ3n) is 4.68. The van der Waals surface area contributed by atoms with Gasteiger partial charge in [-0.05, 0) is 62.7 Å². The number of carbonyl (C=O) groups excluding carboxylic acids is 1. The predicted octanol–water partition coefficient (Wildman–Crippen LogP) is 3.12. The van der Waals surface area contributed by atoms with Crippen molar-refractivity contribution in [1.82, 2.24) is 4.90 Å². The zero-order valence-corrected chi connectivity index (χ0v) is 13.5. The molecule has 1 aromatic rings. The summed E-state index contributed by atoms with van der Waals surface area (Å²) in [4.78, 5) is 15.0. The normalized spacial score (nSPS) is 25.5. The topological polar surface area (TPSA) is 38.8 Å². The van der Waals surface area contributed by atoms with Gasteiger partial charge >= 0.3 is 0 Å². The molecule has 1 unspecified atom stereocenters. The van der Waals surface area contributed by atoms with Gasteiger partial charge in [0.05, 0.1) is 0 Å². The van der Waals surface area contributed by atoms with Gasteiger partial charge in [0.1, 0.15) is 0 Å². The summed E-state index contributed by atoms with van der Waals surface area (Å²) in [5.74, 6) is 1.84. The zero-order chi connectivity index (χ0) is 15.7. The van der Waals surface area contributed by atoms with E-state index in [1.54, 1.807) is 0 Å². The van der Waals surface area contributed by atoms with Gasteiger partial charge in [0.25, 0.3) is 0 Å². The Morgan fingerprint density at radius 2 is 2.05 bits per heavy atom. The van der Waals surface area contributed by atoms with E-state index in [0.29, 0.717) is 5.78 Å². The number of carbonyl (C=O) groups is 1. The minimum absolute atomic E-state index is 0.217. The smallest absolute Gasteiger partial charge is 0.231 e. The maximum atomic E-state index is 12.9. The average Bonchev–Trinajstić information content (AvgIpc) is 3.06. The Balaban J connectivity index is 1.85. The van der Waals surface area contributed by atoms with Crippen molar-refractivity contribution in [2.24, 2.45) is 5.41 Å². The van der Waals surface area contributed by atoms with Crippen LogP contribution in [-0.4, -0.2) is 38.1 Å². The van der Waals surface area contributed by atoms with Crippen LogP contribution in [0.25, 0.3) is 6.08 Å². The number of ether oxygens (including phenoxy) is 2.